The molecule has 1 aromatic rings. The van der Waals surface area contributed by atoms with Crippen LogP contribution in [0.5, 0.6) is 0 Å². The third-order valence-corrected chi connectivity index (χ3v) is 2.12. The molecule has 0 aliphatic carbocycles. The van der Waals surface area contributed by atoms with Crippen molar-refractivity contribution in [2.24, 2.45) is 0 Å². The van der Waals surface area contributed by atoms with E-state index in [-0.39, 0.29) is 18.9 Å². The van der Waals surface area contributed by atoms with Crippen LogP contribution in [0.1, 0.15) is 10.4 Å². The number of nitriles is 2. The quantitative estimate of drug-likeness (QED) is 0.459. The lowest BCUT2D eigenvalue weighted by Gasteiger charge is -2.18. The number of hydrogen-bond acceptors (Lipinski definition) is 7. The largest absolute Gasteiger partial charge is 0.478 e. The SMILES string of the molecule is N#CCN(CC#N)c1ncc([N+](=O)[O-])cc1C(=O)O. The van der Waals surface area contributed by atoms with E-state index in [0.29, 0.717) is 0 Å². The summed E-state index contributed by atoms with van der Waals surface area (Å²) >= 11 is 0. The maximum Gasteiger partial charge on any atom is 0.339 e. The van der Waals surface area contributed by atoms with Gasteiger partial charge in [0.15, 0.2) is 0 Å². The van der Waals surface area contributed by atoms with Gasteiger partial charge in [0, 0.05) is 6.07 Å². The van der Waals surface area contributed by atoms with Crippen LogP contribution in [0, 0.1) is 32.8 Å². The molecule has 96 valence electrons. The number of rotatable bonds is 5. The molecule has 0 amide bonds. The van der Waals surface area contributed by atoms with E-state index in [2.05, 4.69) is 4.98 Å². The van der Waals surface area contributed by atoms with E-state index in [4.69, 9.17) is 15.6 Å². The highest BCUT2D eigenvalue weighted by atomic mass is 16.6. The fraction of sp³-hybridized carbons (Fsp3) is 0.200. The second-order valence-electron chi connectivity index (χ2n) is 3.30. The Kier molecular flexibility index (Phi) is 4.33. The smallest absolute Gasteiger partial charge is 0.339 e. The van der Waals surface area contributed by atoms with Gasteiger partial charge in [-0.3, -0.25) is 10.1 Å². The lowest BCUT2D eigenvalue weighted by atomic mass is 10.2. The molecular formula is C10H7N5O4. The van der Waals surface area contributed by atoms with E-state index in [1.165, 1.54) is 0 Å². The van der Waals surface area contributed by atoms with Crippen molar-refractivity contribution in [2.45, 2.75) is 0 Å². The number of hydrogen-bond donors (Lipinski definition) is 1. The minimum atomic E-state index is -1.42. The first-order valence-corrected chi connectivity index (χ1v) is 4.87. The molecule has 0 aliphatic rings. The van der Waals surface area contributed by atoms with Crippen molar-refractivity contribution in [1.29, 1.82) is 10.5 Å². The fourth-order valence-corrected chi connectivity index (χ4v) is 1.33. The Labute approximate surface area is 107 Å². The molecule has 0 bridgehead atoms. The normalized spacial score (nSPS) is 9.16. The second-order valence-corrected chi connectivity index (χ2v) is 3.30. The van der Waals surface area contributed by atoms with Gasteiger partial charge >= 0.3 is 5.97 Å². The first-order chi connectivity index (χ1) is 9.01. The molecule has 0 saturated heterocycles. The minimum absolute atomic E-state index is 0.152. The number of aromatic nitrogens is 1. The average molecular weight is 261 g/mol. The molecule has 0 aliphatic heterocycles. The van der Waals surface area contributed by atoms with Gasteiger partial charge in [-0.2, -0.15) is 10.5 Å². The Balaban J connectivity index is 3.34. The average Bonchev–Trinajstić information content (AvgIpc) is 2.37. The number of carboxylic acids is 1. The zero-order valence-electron chi connectivity index (χ0n) is 9.48. The van der Waals surface area contributed by atoms with Crippen molar-refractivity contribution in [3.63, 3.8) is 0 Å². The van der Waals surface area contributed by atoms with Gasteiger partial charge in [-0.15, -0.1) is 0 Å². The maximum absolute atomic E-state index is 11.1. The van der Waals surface area contributed by atoms with Gasteiger partial charge in [0.1, 0.15) is 30.7 Å². The number of carboxylic acid groups (broad SMARTS) is 1. The van der Waals surface area contributed by atoms with E-state index in [0.717, 1.165) is 17.2 Å². The number of aromatic carboxylic acids is 1. The molecule has 0 saturated carbocycles. The summed E-state index contributed by atoms with van der Waals surface area (Å²) in [4.78, 5) is 25.6. The molecule has 0 spiro atoms. The number of anilines is 1. The molecule has 0 radical (unpaired) electrons. The monoisotopic (exact) mass is 261 g/mol. The van der Waals surface area contributed by atoms with Crippen molar-refractivity contribution >= 4 is 17.5 Å². The number of pyridine rings is 1. The lowest BCUT2D eigenvalue weighted by Crippen LogP contribution is -2.27. The molecule has 9 nitrogen and oxygen atoms in total. The standard InChI is InChI=1S/C10H7N5O4/c11-1-3-14(4-2-12)9-8(10(16)17)5-7(6-13-9)15(18)19/h5-6H,3-4H2,(H,16,17). The number of carbonyl (C=O) groups is 1. The minimum Gasteiger partial charge on any atom is -0.478 e. The van der Waals surface area contributed by atoms with E-state index in [1.807, 2.05) is 0 Å². The summed E-state index contributed by atoms with van der Waals surface area (Å²) in [5.41, 5.74) is -0.908. The van der Waals surface area contributed by atoms with Gasteiger partial charge in [0.05, 0.1) is 17.1 Å². The van der Waals surface area contributed by atoms with Crippen molar-refractivity contribution in [3.05, 3.63) is 27.9 Å². The van der Waals surface area contributed by atoms with Crippen LogP contribution in [0.4, 0.5) is 11.5 Å². The third-order valence-electron chi connectivity index (χ3n) is 2.12. The van der Waals surface area contributed by atoms with Crippen LogP contribution in [0.3, 0.4) is 0 Å². The summed E-state index contributed by atoms with van der Waals surface area (Å²) in [6, 6.07) is 4.36. The third kappa shape index (κ3) is 3.14. The Hall–Kier alpha value is -3.20. The number of nitro groups is 1. The topological polar surface area (TPSA) is 144 Å². The van der Waals surface area contributed by atoms with Gasteiger partial charge in [-0.25, -0.2) is 9.78 Å². The predicted octanol–water partition coefficient (Wildman–Crippen LogP) is 0.542. The summed E-state index contributed by atoms with van der Waals surface area (Å²) < 4.78 is 0. The summed E-state index contributed by atoms with van der Waals surface area (Å²) in [5, 5.41) is 36.8. The lowest BCUT2D eigenvalue weighted by molar-refractivity contribution is -0.385. The molecular weight excluding hydrogens is 254 g/mol. The van der Waals surface area contributed by atoms with Crippen LogP contribution in [0.2, 0.25) is 0 Å². The first kappa shape index (κ1) is 13.9. The highest BCUT2D eigenvalue weighted by molar-refractivity contribution is 5.94. The Morgan fingerprint density at radius 3 is 2.47 bits per heavy atom. The summed E-state index contributed by atoms with van der Waals surface area (Å²) in [6.45, 7) is -0.503. The van der Waals surface area contributed by atoms with Crippen molar-refractivity contribution in [2.75, 3.05) is 18.0 Å². The van der Waals surface area contributed by atoms with Crippen molar-refractivity contribution in [1.82, 2.24) is 4.98 Å². The second kappa shape index (κ2) is 5.93. The zero-order chi connectivity index (χ0) is 14.4. The molecule has 0 atom stereocenters. The Bertz CT molecular complexity index is 585. The fourth-order valence-electron chi connectivity index (χ4n) is 1.33. The molecule has 1 aromatic heterocycles. The molecule has 0 unspecified atom stereocenters. The van der Waals surface area contributed by atoms with Crippen LogP contribution in [-0.2, 0) is 0 Å². The van der Waals surface area contributed by atoms with Gasteiger partial charge < -0.3 is 10.0 Å². The first-order valence-electron chi connectivity index (χ1n) is 4.87. The van der Waals surface area contributed by atoms with E-state index >= 15 is 0 Å². The highest BCUT2D eigenvalue weighted by Gasteiger charge is 2.21. The van der Waals surface area contributed by atoms with Crippen LogP contribution >= 0.6 is 0 Å². The molecule has 1 heterocycles. The highest BCUT2D eigenvalue weighted by Crippen LogP contribution is 2.22. The van der Waals surface area contributed by atoms with Crippen LogP contribution in [0.25, 0.3) is 0 Å². The van der Waals surface area contributed by atoms with E-state index in [1.54, 1.807) is 12.1 Å². The van der Waals surface area contributed by atoms with E-state index in [9.17, 15) is 14.9 Å². The summed E-state index contributed by atoms with van der Waals surface area (Å²) in [6.07, 6.45) is 0.878. The maximum atomic E-state index is 11.1. The van der Waals surface area contributed by atoms with E-state index < -0.39 is 22.1 Å². The Morgan fingerprint density at radius 1 is 1.47 bits per heavy atom. The zero-order valence-corrected chi connectivity index (χ0v) is 9.48. The molecule has 19 heavy (non-hydrogen) atoms. The van der Waals surface area contributed by atoms with Crippen molar-refractivity contribution < 1.29 is 14.8 Å². The van der Waals surface area contributed by atoms with Gasteiger partial charge in [0.2, 0.25) is 0 Å². The van der Waals surface area contributed by atoms with Gasteiger partial charge in [-0.1, -0.05) is 0 Å². The molecule has 1 rings (SSSR count). The van der Waals surface area contributed by atoms with Crippen LogP contribution in [0.15, 0.2) is 12.3 Å². The molecule has 1 N–H and O–H groups in total. The summed E-state index contributed by atoms with van der Waals surface area (Å²) in [7, 11) is 0. The van der Waals surface area contributed by atoms with Crippen molar-refractivity contribution in [3.8, 4) is 12.1 Å². The van der Waals surface area contributed by atoms with Crippen LogP contribution in [-0.4, -0.2) is 34.1 Å². The summed E-state index contributed by atoms with van der Waals surface area (Å²) in [5.74, 6) is -1.58. The van der Waals surface area contributed by atoms with Crippen LogP contribution < -0.4 is 4.90 Å². The molecule has 9 heteroatoms. The predicted molar refractivity (Wildman–Crippen MR) is 61.3 cm³/mol. The molecule has 0 fully saturated rings. The number of nitrogens with zero attached hydrogens (tertiary/aromatic N) is 5. The van der Waals surface area contributed by atoms with Gasteiger partial charge in [-0.05, 0) is 0 Å². The Morgan fingerprint density at radius 2 is 2.05 bits per heavy atom. The van der Waals surface area contributed by atoms with Gasteiger partial charge in [0.25, 0.3) is 5.69 Å². The molecule has 0 aromatic carbocycles.